The van der Waals surface area contributed by atoms with Gasteiger partial charge in [-0.3, -0.25) is 4.79 Å². The fourth-order valence-electron chi connectivity index (χ4n) is 3.33. The summed E-state index contributed by atoms with van der Waals surface area (Å²) in [5.74, 6) is 1.67. The lowest BCUT2D eigenvalue weighted by Gasteiger charge is -2.25. The number of halogens is 1. The third-order valence-corrected chi connectivity index (χ3v) is 5.11. The summed E-state index contributed by atoms with van der Waals surface area (Å²) >= 11 is 3.50. The molecule has 2 aromatic carbocycles. The molecule has 0 aromatic heterocycles. The minimum atomic E-state index is 0.213. The van der Waals surface area contributed by atoms with Crippen molar-refractivity contribution in [2.75, 3.05) is 14.2 Å². The Bertz CT molecular complexity index is 762. The molecule has 1 amide bonds. The van der Waals surface area contributed by atoms with Gasteiger partial charge in [0.15, 0.2) is 11.5 Å². The van der Waals surface area contributed by atoms with Crippen LogP contribution in [0.3, 0.4) is 0 Å². The summed E-state index contributed by atoms with van der Waals surface area (Å²) in [5, 5.41) is 0. The Morgan fingerprint density at radius 2 is 1.88 bits per heavy atom. The van der Waals surface area contributed by atoms with Crippen LogP contribution in [0.1, 0.15) is 24.0 Å². The summed E-state index contributed by atoms with van der Waals surface area (Å²) in [4.78, 5) is 14.4. The number of carbonyl (C=O) groups is 1. The predicted molar refractivity (Wildman–Crippen MR) is 101 cm³/mol. The number of benzene rings is 2. The highest BCUT2D eigenvalue weighted by Crippen LogP contribution is 2.30. The molecule has 4 nitrogen and oxygen atoms in total. The molecule has 1 unspecified atom stereocenters. The minimum absolute atomic E-state index is 0.213. The Labute approximate surface area is 156 Å². The van der Waals surface area contributed by atoms with Crippen LogP contribution in [-0.4, -0.2) is 31.1 Å². The van der Waals surface area contributed by atoms with Crippen LogP contribution in [0, 0.1) is 0 Å². The molecule has 132 valence electrons. The summed E-state index contributed by atoms with van der Waals surface area (Å²) in [6, 6.07) is 14.3. The van der Waals surface area contributed by atoms with Crippen molar-refractivity contribution in [2.24, 2.45) is 0 Å². The third kappa shape index (κ3) is 4.15. The van der Waals surface area contributed by atoms with Gasteiger partial charge in [0.1, 0.15) is 0 Å². The number of carbonyl (C=O) groups excluding carboxylic acids is 1. The summed E-state index contributed by atoms with van der Waals surface area (Å²) in [6.45, 7) is 0.649. The van der Waals surface area contributed by atoms with Gasteiger partial charge < -0.3 is 14.4 Å². The van der Waals surface area contributed by atoms with E-state index in [1.165, 1.54) is 0 Å². The number of hydrogen-bond acceptors (Lipinski definition) is 3. The number of hydrogen-bond donors (Lipinski definition) is 0. The first-order chi connectivity index (χ1) is 12.1. The third-order valence-electron chi connectivity index (χ3n) is 4.61. The lowest BCUT2D eigenvalue weighted by Crippen LogP contribution is -2.33. The first-order valence-electron chi connectivity index (χ1n) is 8.35. The standard InChI is InChI=1S/C20H22BrNO3/c1-24-18-8-6-14(12-19(18)25-2)11-17-7-9-20(23)22(17)13-15-4-3-5-16(21)10-15/h3-6,8,10,12,17H,7,9,11,13H2,1-2H3. The van der Waals surface area contributed by atoms with E-state index in [4.69, 9.17) is 9.47 Å². The Kier molecular flexibility index (Phi) is 5.63. The second-order valence-corrected chi connectivity index (χ2v) is 7.15. The molecule has 0 aliphatic carbocycles. The van der Waals surface area contributed by atoms with Gasteiger partial charge in [0, 0.05) is 23.5 Å². The molecule has 0 N–H and O–H groups in total. The van der Waals surface area contributed by atoms with E-state index in [-0.39, 0.29) is 11.9 Å². The molecule has 25 heavy (non-hydrogen) atoms. The second kappa shape index (κ2) is 7.91. The van der Waals surface area contributed by atoms with Crippen LogP contribution in [0.15, 0.2) is 46.9 Å². The van der Waals surface area contributed by atoms with Gasteiger partial charge in [-0.15, -0.1) is 0 Å². The van der Waals surface area contributed by atoms with Gasteiger partial charge in [-0.2, -0.15) is 0 Å². The van der Waals surface area contributed by atoms with E-state index in [2.05, 4.69) is 28.1 Å². The van der Waals surface area contributed by atoms with Crippen molar-refractivity contribution in [3.8, 4) is 11.5 Å². The maximum Gasteiger partial charge on any atom is 0.223 e. The largest absolute Gasteiger partial charge is 0.493 e. The maximum atomic E-state index is 12.4. The zero-order valence-electron chi connectivity index (χ0n) is 14.5. The molecule has 1 heterocycles. The van der Waals surface area contributed by atoms with E-state index in [1.807, 2.05) is 35.2 Å². The number of amides is 1. The molecule has 0 radical (unpaired) electrons. The molecule has 0 saturated carbocycles. The van der Waals surface area contributed by atoms with E-state index in [1.54, 1.807) is 14.2 Å². The highest BCUT2D eigenvalue weighted by Gasteiger charge is 2.31. The van der Waals surface area contributed by atoms with Crippen molar-refractivity contribution in [1.82, 2.24) is 4.90 Å². The quantitative estimate of drug-likeness (QED) is 0.725. The average molecular weight is 404 g/mol. The number of likely N-dealkylation sites (tertiary alicyclic amines) is 1. The van der Waals surface area contributed by atoms with Crippen LogP contribution in [0.5, 0.6) is 11.5 Å². The first kappa shape index (κ1) is 17.8. The van der Waals surface area contributed by atoms with E-state index < -0.39 is 0 Å². The Balaban J connectivity index is 1.75. The number of ether oxygens (including phenoxy) is 2. The van der Waals surface area contributed by atoms with Crippen LogP contribution in [-0.2, 0) is 17.8 Å². The number of rotatable bonds is 6. The SMILES string of the molecule is COc1ccc(CC2CCC(=O)N2Cc2cccc(Br)c2)cc1OC. The van der Waals surface area contributed by atoms with E-state index in [0.29, 0.717) is 13.0 Å². The van der Waals surface area contributed by atoms with Crippen molar-refractivity contribution in [2.45, 2.75) is 31.8 Å². The van der Waals surface area contributed by atoms with Crippen LogP contribution >= 0.6 is 15.9 Å². The van der Waals surface area contributed by atoms with Gasteiger partial charge in [0.05, 0.1) is 14.2 Å². The topological polar surface area (TPSA) is 38.8 Å². The molecule has 3 rings (SSSR count). The van der Waals surface area contributed by atoms with Gasteiger partial charge in [-0.05, 0) is 48.2 Å². The summed E-state index contributed by atoms with van der Waals surface area (Å²) in [6.07, 6.45) is 2.33. The molecule has 1 saturated heterocycles. The van der Waals surface area contributed by atoms with Gasteiger partial charge in [0.25, 0.3) is 0 Å². The van der Waals surface area contributed by atoms with Gasteiger partial charge in [-0.25, -0.2) is 0 Å². The smallest absolute Gasteiger partial charge is 0.223 e. The molecule has 5 heteroatoms. The molecule has 1 aliphatic rings. The molecule has 1 aliphatic heterocycles. The van der Waals surface area contributed by atoms with Crippen LogP contribution < -0.4 is 9.47 Å². The normalized spacial score (nSPS) is 17.0. The van der Waals surface area contributed by atoms with Crippen molar-refractivity contribution in [3.63, 3.8) is 0 Å². The molecule has 1 atom stereocenters. The van der Waals surface area contributed by atoms with Crippen molar-refractivity contribution >= 4 is 21.8 Å². The zero-order chi connectivity index (χ0) is 17.8. The van der Waals surface area contributed by atoms with Crippen molar-refractivity contribution < 1.29 is 14.3 Å². The van der Waals surface area contributed by atoms with Crippen molar-refractivity contribution in [1.29, 1.82) is 0 Å². The van der Waals surface area contributed by atoms with Crippen molar-refractivity contribution in [3.05, 3.63) is 58.1 Å². The zero-order valence-corrected chi connectivity index (χ0v) is 16.1. The monoisotopic (exact) mass is 403 g/mol. The fourth-order valence-corrected chi connectivity index (χ4v) is 3.78. The van der Waals surface area contributed by atoms with Gasteiger partial charge in [-0.1, -0.05) is 34.1 Å². The van der Waals surface area contributed by atoms with E-state index in [0.717, 1.165) is 39.9 Å². The van der Waals surface area contributed by atoms with Crippen LogP contribution in [0.4, 0.5) is 0 Å². The Morgan fingerprint density at radius 1 is 1.08 bits per heavy atom. The van der Waals surface area contributed by atoms with Gasteiger partial charge >= 0.3 is 0 Å². The lowest BCUT2D eigenvalue weighted by atomic mass is 10.0. The minimum Gasteiger partial charge on any atom is -0.493 e. The average Bonchev–Trinajstić information content (AvgIpc) is 2.95. The Hall–Kier alpha value is -2.01. The molecule has 2 aromatic rings. The first-order valence-corrected chi connectivity index (χ1v) is 9.15. The summed E-state index contributed by atoms with van der Waals surface area (Å²) in [5.41, 5.74) is 2.29. The number of nitrogens with zero attached hydrogens (tertiary/aromatic N) is 1. The highest BCUT2D eigenvalue weighted by atomic mass is 79.9. The summed E-state index contributed by atoms with van der Waals surface area (Å²) < 4.78 is 11.7. The molecular formula is C20H22BrNO3. The molecular weight excluding hydrogens is 382 g/mol. The summed E-state index contributed by atoms with van der Waals surface area (Å²) in [7, 11) is 3.27. The number of methoxy groups -OCH3 is 2. The van der Waals surface area contributed by atoms with Crippen LogP contribution in [0.25, 0.3) is 0 Å². The van der Waals surface area contributed by atoms with Crippen LogP contribution in [0.2, 0.25) is 0 Å². The van der Waals surface area contributed by atoms with E-state index >= 15 is 0 Å². The van der Waals surface area contributed by atoms with E-state index in [9.17, 15) is 4.79 Å². The fraction of sp³-hybridized carbons (Fsp3) is 0.350. The van der Waals surface area contributed by atoms with Gasteiger partial charge in [0.2, 0.25) is 5.91 Å². The highest BCUT2D eigenvalue weighted by molar-refractivity contribution is 9.10. The predicted octanol–water partition coefficient (Wildman–Crippen LogP) is 4.20. The Morgan fingerprint density at radius 3 is 2.60 bits per heavy atom. The molecule has 0 bridgehead atoms. The lowest BCUT2D eigenvalue weighted by molar-refractivity contribution is -0.129. The maximum absolute atomic E-state index is 12.4. The molecule has 1 fully saturated rings. The molecule has 0 spiro atoms. The second-order valence-electron chi connectivity index (χ2n) is 6.24.